The highest BCUT2D eigenvalue weighted by atomic mass is 35.5. The highest BCUT2D eigenvalue weighted by molar-refractivity contribution is 6.33. The number of anilines is 1. The molecule has 1 heterocycles. The van der Waals surface area contributed by atoms with Gasteiger partial charge in [-0.3, -0.25) is 0 Å². The van der Waals surface area contributed by atoms with E-state index in [9.17, 15) is 0 Å². The van der Waals surface area contributed by atoms with E-state index in [2.05, 4.69) is 24.1 Å². The number of para-hydroxylation sites is 1. The van der Waals surface area contributed by atoms with E-state index in [0.717, 1.165) is 35.6 Å². The molecule has 1 aromatic carbocycles. The predicted molar refractivity (Wildman–Crippen MR) is 74.7 cm³/mol. The first-order valence-electron chi connectivity index (χ1n) is 6.37. The van der Waals surface area contributed by atoms with Crippen molar-refractivity contribution in [2.24, 2.45) is 11.8 Å². The summed E-state index contributed by atoms with van der Waals surface area (Å²) in [6.45, 7) is 9.19. The molecule has 0 radical (unpaired) electrons. The van der Waals surface area contributed by atoms with Gasteiger partial charge >= 0.3 is 0 Å². The maximum atomic E-state index is 6.09. The monoisotopic (exact) mass is 252 g/mol. The van der Waals surface area contributed by atoms with Gasteiger partial charge in [-0.05, 0) is 24.0 Å². The molecule has 2 rings (SSSR count). The largest absolute Gasteiger partial charge is 0.383 e. The van der Waals surface area contributed by atoms with Gasteiger partial charge in [0.2, 0.25) is 0 Å². The number of rotatable bonds is 4. The highest BCUT2D eigenvalue weighted by Gasteiger charge is 2.25. The van der Waals surface area contributed by atoms with Crippen LogP contribution in [0.15, 0.2) is 24.3 Å². The molecule has 0 aromatic heterocycles. The fourth-order valence-electron chi connectivity index (χ4n) is 2.38. The van der Waals surface area contributed by atoms with Crippen molar-refractivity contribution in [3.8, 4) is 0 Å². The van der Waals surface area contributed by atoms with Gasteiger partial charge in [-0.25, -0.2) is 0 Å². The van der Waals surface area contributed by atoms with Crippen molar-refractivity contribution in [2.75, 3.05) is 31.5 Å². The molecule has 0 bridgehead atoms. The molecule has 2 nitrogen and oxygen atoms in total. The average molecular weight is 253 g/mol. The Balaban J connectivity index is 1.75. The minimum absolute atomic E-state index is 0.802. The normalized spacial score (nSPS) is 25.1. The Morgan fingerprint density at radius 2 is 1.88 bits per heavy atom. The molecule has 0 saturated carbocycles. The van der Waals surface area contributed by atoms with E-state index in [4.69, 9.17) is 11.6 Å². The number of nitrogens with zero attached hydrogens (tertiary/aromatic N) is 1. The minimum Gasteiger partial charge on any atom is -0.383 e. The summed E-state index contributed by atoms with van der Waals surface area (Å²) in [7, 11) is 0. The van der Waals surface area contributed by atoms with Crippen LogP contribution in [0.4, 0.5) is 5.69 Å². The summed E-state index contributed by atoms with van der Waals surface area (Å²) >= 11 is 6.09. The lowest BCUT2D eigenvalue weighted by atomic mass is 10.0. The zero-order valence-electron chi connectivity index (χ0n) is 10.6. The van der Waals surface area contributed by atoms with E-state index >= 15 is 0 Å². The SMILES string of the molecule is CC1CN(CCNc2ccccc2Cl)CC1C. The first-order valence-corrected chi connectivity index (χ1v) is 6.75. The third-order valence-electron chi connectivity index (χ3n) is 3.68. The Hall–Kier alpha value is -0.730. The molecule has 2 unspecified atom stereocenters. The van der Waals surface area contributed by atoms with Gasteiger partial charge in [-0.2, -0.15) is 0 Å². The van der Waals surface area contributed by atoms with Gasteiger partial charge in [-0.15, -0.1) is 0 Å². The second kappa shape index (κ2) is 5.74. The molecule has 1 N–H and O–H groups in total. The van der Waals surface area contributed by atoms with Crippen LogP contribution in [0.1, 0.15) is 13.8 Å². The van der Waals surface area contributed by atoms with E-state index in [1.54, 1.807) is 0 Å². The van der Waals surface area contributed by atoms with E-state index in [0.29, 0.717) is 0 Å². The lowest BCUT2D eigenvalue weighted by molar-refractivity contribution is 0.337. The quantitative estimate of drug-likeness (QED) is 0.884. The number of likely N-dealkylation sites (tertiary alicyclic amines) is 1. The van der Waals surface area contributed by atoms with Crippen LogP contribution < -0.4 is 5.32 Å². The number of benzene rings is 1. The van der Waals surface area contributed by atoms with Crippen molar-refractivity contribution in [1.29, 1.82) is 0 Å². The fourth-order valence-corrected chi connectivity index (χ4v) is 2.59. The lowest BCUT2D eigenvalue weighted by Crippen LogP contribution is -2.27. The van der Waals surface area contributed by atoms with Crippen LogP contribution >= 0.6 is 11.6 Å². The van der Waals surface area contributed by atoms with Crippen LogP contribution in [0.2, 0.25) is 5.02 Å². The van der Waals surface area contributed by atoms with Crippen LogP contribution in [-0.4, -0.2) is 31.1 Å². The number of nitrogens with one attached hydrogen (secondary N) is 1. The standard InChI is InChI=1S/C14H21ClN2/c1-11-9-17(10-12(11)2)8-7-16-14-6-4-3-5-13(14)15/h3-6,11-12,16H,7-10H2,1-2H3. The van der Waals surface area contributed by atoms with E-state index in [1.807, 2.05) is 24.3 Å². The third kappa shape index (κ3) is 3.36. The number of hydrogen-bond donors (Lipinski definition) is 1. The molecule has 1 aromatic rings. The van der Waals surface area contributed by atoms with E-state index in [-0.39, 0.29) is 0 Å². The summed E-state index contributed by atoms with van der Waals surface area (Å²) in [5, 5.41) is 4.20. The summed E-state index contributed by atoms with van der Waals surface area (Å²) in [4.78, 5) is 2.53. The average Bonchev–Trinajstić information content (AvgIpc) is 2.61. The number of halogens is 1. The fraction of sp³-hybridized carbons (Fsp3) is 0.571. The molecule has 0 amide bonds. The lowest BCUT2D eigenvalue weighted by Gasteiger charge is -2.16. The molecule has 1 fully saturated rings. The van der Waals surface area contributed by atoms with Crippen LogP contribution in [0.25, 0.3) is 0 Å². The minimum atomic E-state index is 0.802. The van der Waals surface area contributed by atoms with Gasteiger partial charge in [0.1, 0.15) is 0 Å². The molecular formula is C14H21ClN2. The summed E-state index contributed by atoms with van der Waals surface area (Å²) < 4.78 is 0. The van der Waals surface area contributed by atoms with Crippen molar-refractivity contribution in [2.45, 2.75) is 13.8 Å². The molecule has 0 aliphatic carbocycles. The molecule has 1 saturated heterocycles. The zero-order chi connectivity index (χ0) is 12.3. The maximum Gasteiger partial charge on any atom is 0.0637 e. The van der Waals surface area contributed by atoms with Crippen molar-refractivity contribution in [3.63, 3.8) is 0 Å². The Morgan fingerprint density at radius 3 is 2.53 bits per heavy atom. The van der Waals surface area contributed by atoms with Crippen molar-refractivity contribution < 1.29 is 0 Å². The molecule has 3 heteroatoms. The summed E-state index contributed by atoms with van der Waals surface area (Å²) in [6, 6.07) is 7.91. The summed E-state index contributed by atoms with van der Waals surface area (Å²) in [5.74, 6) is 1.66. The first kappa shape index (κ1) is 12.7. The predicted octanol–water partition coefficient (Wildman–Crippen LogP) is 3.34. The maximum absolute atomic E-state index is 6.09. The molecule has 0 spiro atoms. The van der Waals surface area contributed by atoms with Crippen LogP contribution in [0.5, 0.6) is 0 Å². The van der Waals surface area contributed by atoms with Gasteiger partial charge in [-0.1, -0.05) is 37.6 Å². The van der Waals surface area contributed by atoms with E-state index < -0.39 is 0 Å². The molecular weight excluding hydrogens is 232 g/mol. The van der Waals surface area contributed by atoms with Crippen LogP contribution in [-0.2, 0) is 0 Å². The first-order chi connectivity index (χ1) is 8.16. The molecule has 17 heavy (non-hydrogen) atoms. The van der Waals surface area contributed by atoms with E-state index in [1.165, 1.54) is 13.1 Å². The molecule has 1 aliphatic heterocycles. The van der Waals surface area contributed by atoms with Gasteiger partial charge in [0.05, 0.1) is 10.7 Å². The molecule has 94 valence electrons. The Kier molecular flexibility index (Phi) is 4.30. The highest BCUT2D eigenvalue weighted by Crippen LogP contribution is 2.22. The third-order valence-corrected chi connectivity index (χ3v) is 4.01. The van der Waals surface area contributed by atoms with Crippen molar-refractivity contribution >= 4 is 17.3 Å². The molecule has 1 aliphatic rings. The second-order valence-corrected chi connectivity index (χ2v) is 5.53. The number of hydrogen-bond acceptors (Lipinski definition) is 2. The summed E-state index contributed by atoms with van der Waals surface area (Å²) in [5.41, 5.74) is 1.04. The van der Waals surface area contributed by atoms with Crippen LogP contribution in [0.3, 0.4) is 0 Å². The van der Waals surface area contributed by atoms with Gasteiger partial charge < -0.3 is 10.2 Å². The molecule has 2 atom stereocenters. The Labute approximate surface area is 109 Å². The second-order valence-electron chi connectivity index (χ2n) is 5.12. The van der Waals surface area contributed by atoms with Gasteiger partial charge in [0.15, 0.2) is 0 Å². The van der Waals surface area contributed by atoms with Crippen molar-refractivity contribution in [3.05, 3.63) is 29.3 Å². The van der Waals surface area contributed by atoms with Crippen molar-refractivity contribution in [1.82, 2.24) is 4.90 Å². The Bertz CT molecular complexity index is 357. The zero-order valence-corrected chi connectivity index (χ0v) is 11.4. The Morgan fingerprint density at radius 1 is 1.24 bits per heavy atom. The smallest absolute Gasteiger partial charge is 0.0637 e. The summed E-state index contributed by atoms with van der Waals surface area (Å²) in [6.07, 6.45) is 0. The van der Waals surface area contributed by atoms with Crippen LogP contribution in [0, 0.1) is 11.8 Å². The topological polar surface area (TPSA) is 15.3 Å². The van der Waals surface area contributed by atoms with Gasteiger partial charge in [0, 0.05) is 26.2 Å². The van der Waals surface area contributed by atoms with Gasteiger partial charge in [0.25, 0.3) is 0 Å².